The molecule has 0 N–H and O–H groups in total. The van der Waals surface area contributed by atoms with E-state index in [0.29, 0.717) is 0 Å². The summed E-state index contributed by atoms with van der Waals surface area (Å²) in [5.74, 6) is 0. The molecule has 0 amide bonds. The topological polar surface area (TPSA) is 0 Å². The monoisotopic (exact) mass is 775 g/mol. The van der Waals surface area contributed by atoms with Crippen molar-refractivity contribution in [3.8, 4) is 0 Å². The molecule has 0 aliphatic heterocycles. The number of rotatable bonds is 0. The van der Waals surface area contributed by atoms with E-state index in [4.69, 9.17) is 184 Å². The van der Waals surface area contributed by atoms with Crippen LogP contribution in [0.15, 0.2) is 0 Å². The van der Waals surface area contributed by atoms with E-state index in [1.807, 2.05) is 0 Å². The van der Waals surface area contributed by atoms with Gasteiger partial charge < -0.3 is 0 Å². The molecule has 0 nitrogen and oxygen atoms in total. The molecule has 0 rings (SSSR count). The highest BCUT2D eigenvalue weighted by Crippen LogP contribution is 0.175. The van der Waals surface area contributed by atoms with E-state index in [1.165, 1.54) is 0 Å². The van der Waals surface area contributed by atoms with Crippen LogP contribution in [-0.4, -0.2) is 0 Å². The third kappa shape index (κ3) is 0. The minimum Gasteiger partial charge on any atom is -0.0776 e. The van der Waals surface area contributed by atoms with Gasteiger partial charge in [0, 0.05) is 190 Å². The van der Waals surface area contributed by atoms with Crippen LogP contribution in [0.3, 0.4) is 0 Å². The van der Waals surface area contributed by atoms with E-state index < -0.39 is 0 Å². The summed E-state index contributed by atoms with van der Waals surface area (Å²) in [6, 6.07) is 0. The fourth-order valence-electron chi connectivity index (χ4n) is 0. The highest BCUT2D eigenvalue weighted by molar-refractivity contribution is 2.53. The molecular formula is C32H260. The van der Waals surface area contributed by atoms with E-state index in [0.717, 1.165) is 0 Å². The molecule has 32 heavy (non-hydrogen) atoms. The molecule has 388 valence electrons. The lowest BCUT2D eigenvalue weighted by atomic mass is 12.0. The summed E-state index contributed by atoms with van der Waals surface area (Å²) in [5, 5.41) is 0. The van der Waals surface area contributed by atoms with Crippen molar-refractivity contribution in [2.75, 3.05) is 0 Å². The first-order valence-corrected chi connectivity index (χ1v) is 0. The molecular weight excluding hydrogens is 384 g/mol. The zero-order valence-corrected chi connectivity index (χ0v) is 0. The summed E-state index contributed by atoms with van der Waals surface area (Å²) in [6.07, 6.45) is 0. The highest BCUT2D eigenvalue weighted by atomic mass is 12.0. The molecule has 0 heterocycles. The number of hydrogen-bond donors (Lipinski definition) is 0. The van der Waals surface area contributed by atoms with Crippen molar-refractivity contribution in [2.45, 2.75) is 238 Å². The first kappa shape index (κ1) is 8.00. The quantitative estimate of drug-likeness (QED) is 0.230. The van der Waals surface area contributed by atoms with Crippen LogP contribution in [0.1, 0.15) is 427 Å². The first-order chi connectivity index (χ1) is 62.0. The van der Waals surface area contributed by atoms with Gasteiger partial charge >= 0.3 is 0 Å². The molecule has 0 unspecified atom stereocenters. The molecule has 0 spiro atoms. The molecule has 0 aromatic rings. The van der Waals surface area contributed by atoms with Crippen LogP contribution in [0.2, 0.25) is 0 Å². The molecule has 0 saturated carbocycles. The van der Waals surface area contributed by atoms with Crippen LogP contribution in [0.25, 0.3) is 0 Å². The van der Waals surface area contributed by atoms with Crippen molar-refractivity contribution in [2.24, 2.45) is 0 Å². The molecule has 0 heteroatoms. The smallest absolute Gasteiger partial charge is 0 e. The van der Waals surface area contributed by atoms with Gasteiger partial charge in [-0.25, -0.2) is 0 Å². The summed E-state index contributed by atoms with van der Waals surface area (Å²) in [6.45, 7) is 0. The Balaban J connectivity index is -0.00000000253. The van der Waals surface area contributed by atoms with Crippen LogP contribution >= 0.6 is 0 Å². The standard InChI is InChI=1S/32CH4.66H2/h32*1H4;66*1H/i;;;;;;;;;;;;;;;;;;;;;;;;;;;;;;;;62*1+1D;4*1+1. The zero-order valence-electron chi connectivity index (χ0n) is 124. The van der Waals surface area contributed by atoms with Gasteiger partial charge in [0.25, 0.3) is 0 Å². The Hall–Kier alpha value is 0. The van der Waals surface area contributed by atoms with Gasteiger partial charge in [0.15, 0.2) is 0 Å². The van der Waals surface area contributed by atoms with Gasteiger partial charge in [-0.15, -0.1) is 0 Å². The number of hydrogen-bond acceptors (Lipinski definition) is 0. The van der Waals surface area contributed by atoms with Gasteiger partial charge in [-0.2, -0.15) is 0 Å². The van der Waals surface area contributed by atoms with Crippen LogP contribution in [0.4, 0.5) is 0 Å². The van der Waals surface area contributed by atoms with Gasteiger partial charge in [0.2, 0.25) is 0 Å². The fraction of sp³-hybridized carbons (Fsp3) is 1.00. The van der Waals surface area contributed by atoms with Crippen LogP contribution in [0, 0.1) is 0 Å². The fourth-order valence-corrected chi connectivity index (χ4v) is 0. The maximum Gasteiger partial charge on any atom is 0 e. The highest BCUT2D eigenvalue weighted by Gasteiger charge is -0.0466. The minimum atomic E-state index is 0. The second-order valence-corrected chi connectivity index (χ2v) is 0. The van der Waals surface area contributed by atoms with Crippen molar-refractivity contribution >= 4 is 0 Å². The van der Waals surface area contributed by atoms with Crippen molar-refractivity contribution in [3.05, 3.63) is 0 Å². The minimum absolute atomic E-state index is 0. The molecule has 0 aliphatic carbocycles. The molecule has 0 saturated heterocycles. The maximum absolute atomic E-state index is 5.00. The van der Waals surface area contributed by atoms with Crippen molar-refractivity contribution in [1.29, 1.82) is 0 Å². The lowest BCUT2D eigenvalue weighted by molar-refractivity contribution is 2.50. The maximum atomic E-state index is 5.00. The van der Waals surface area contributed by atoms with Crippen molar-refractivity contribution in [3.63, 3.8) is 0 Å². The molecule has 0 fully saturated rings. The van der Waals surface area contributed by atoms with E-state index in [9.17, 15) is 0 Å². The first-order valence-electron chi connectivity index (χ1n) is 62.0. The normalized spacial score (nSPS) is 15.5. The molecule has 0 aromatic heterocycles. The summed E-state index contributed by atoms with van der Waals surface area (Å²) < 4.78 is 620. The summed E-state index contributed by atoms with van der Waals surface area (Å²) in [5.41, 5.74) is 0. The largest absolute Gasteiger partial charge is 0.0776 e. The van der Waals surface area contributed by atoms with Crippen LogP contribution in [-0.2, 0) is 0 Å². The lowest BCUT2D eigenvalue weighted by Crippen LogP contribution is 0.143. The third-order valence-corrected chi connectivity index (χ3v) is 0. The van der Waals surface area contributed by atoms with Gasteiger partial charge in [-0.05, 0) is 0 Å². The molecule has 0 radical (unpaired) electrons. The van der Waals surface area contributed by atoms with Crippen LogP contribution in [0.5, 0.6) is 0 Å². The molecule has 0 atom stereocenters. The average Bonchev–Trinajstić information content (AvgIpc) is 4.02. The van der Waals surface area contributed by atoms with E-state index >= 15 is 0 Å². The van der Waals surface area contributed by atoms with Crippen LogP contribution < -0.4 is 0 Å². The molecule has 0 aliphatic rings. The Morgan fingerprint density at radius 2 is 0.0938 bits per heavy atom. The Bertz CT molecular complexity index is 116. The second-order valence-electron chi connectivity index (χ2n) is 0. The Kier molecular flexibility index (Phi) is 0. The van der Waals surface area contributed by atoms with Gasteiger partial charge in [-0.3, -0.25) is 0 Å². The lowest BCUT2D eigenvalue weighted by Gasteiger charge is -0.0786. The summed E-state index contributed by atoms with van der Waals surface area (Å²) in [4.78, 5) is 0. The Labute approximate surface area is 434 Å². The van der Waals surface area contributed by atoms with Crippen molar-refractivity contribution < 1.29 is 190 Å². The zero-order chi connectivity index (χ0) is 124. The third-order valence-electron chi connectivity index (χ3n) is 0. The molecule has 0 bridgehead atoms. The SMILES string of the molecule is C.C.C.C.C.C.C.C.C.C.C.C.C.C.C.C.C.C.C.C.C.C.C.C.C.C.C.C.C.C.C.C.[2HH].[2HH].[2HH].[2HH].[2H][2H].[2H][2H].[2H][2H].[2H][2H].[2H][2H].[2H][2H].[2H][2H].[2H][2H].[2H][2H].[2H][2H].[2H][2H].[2H][2H].[2H][2H].[2H][2H].[2H][2H].[2H][2H].[2H][2H].[2H][2H].[2H][2H].[2H][2H].[2H][2H].[2H][2H].[2H][2H].[2H][2H].[2H][2H].[2H][2H].[2H][2H].[2H][2H].[2H][2H].[2H][2H].[2H][2H].[2H][2H].[2H][2H].[2H][2H].[2H][2H].[2H][2H].[2H][2H].[2H][2H].[2H][2H].[2H][2H].[2H][2H].[2H][2H].[2H][2H].[2H][2H].[2H][2H].[2H][2H].[2H][2H].[2H][2H].[2H][2H].[2H][2H].[2H][2H].[2H][2H].[2H][2H].[2H][2H].[2H][2H].[2H][2H].[2H][2H].[2H][2H].[2H][2H].[2H][2H].[2H][2H].[2H][2H]. The van der Waals surface area contributed by atoms with Gasteiger partial charge in [0.1, 0.15) is 0 Å². The van der Waals surface area contributed by atoms with Gasteiger partial charge in [-0.1, -0.05) is 238 Å². The Morgan fingerprint density at radius 1 is 0.0938 bits per heavy atom. The average molecular weight is 775 g/mol. The second kappa shape index (κ2) is 0. The predicted octanol–water partition coefficient (Wildman–Crippen LogP) is 36.6. The van der Waals surface area contributed by atoms with E-state index in [1.54, 1.807) is 0 Å². The predicted molar refractivity (Wildman–Crippen MR) is 355 cm³/mol. The van der Waals surface area contributed by atoms with E-state index in [-0.39, 0.29) is 243 Å². The summed E-state index contributed by atoms with van der Waals surface area (Å²) in [7, 11) is 0. The van der Waals surface area contributed by atoms with E-state index in [2.05, 4.69) is 0 Å². The van der Waals surface area contributed by atoms with Crippen molar-refractivity contribution in [1.82, 2.24) is 0 Å². The summed E-state index contributed by atoms with van der Waals surface area (Å²) >= 11 is 0. The molecule has 0 aromatic carbocycles. The van der Waals surface area contributed by atoms with Gasteiger partial charge in [0.05, 0.1) is 0 Å². The Morgan fingerprint density at radius 3 is 0.0938 bits per heavy atom.